The average Bonchev–Trinajstić information content (AvgIpc) is 3.11. The van der Waals surface area contributed by atoms with E-state index in [0.29, 0.717) is 23.2 Å². The van der Waals surface area contributed by atoms with E-state index in [9.17, 15) is 14.7 Å². The van der Waals surface area contributed by atoms with Crippen LogP contribution in [-0.2, 0) is 0 Å². The van der Waals surface area contributed by atoms with Gasteiger partial charge in [-0.05, 0) is 55.8 Å². The van der Waals surface area contributed by atoms with E-state index in [1.54, 1.807) is 24.3 Å². The van der Waals surface area contributed by atoms with Gasteiger partial charge < -0.3 is 9.84 Å². The lowest BCUT2D eigenvalue weighted by molar-refractivity contribution is 0.340. The lowest BCUT2D eigenvalue weighted by Crippen LogP contribution is -2.31. The van der Waals surface area contributed by atoms with Gasteiger partial charge in [0.25, 0.3) is 5.56 Å². The Labute approximate surface area is 174 Å². The first-order valence-electron chi connectivity index (χ1n) is 9.19. The summed E-state index contributed by atoms with van der Waals surface area (Å²) in [6.07, 6.45) is 1.21. The summed E-state index contributed by atoms with van der Waals surface area (Å²) in [5.41, 5.74) is 0.657. The minimum Gasteiger partial charge on any atom is -0.494 e. The number of hydrogen-bond acceptors (Lipinski definition) is 7. The molecule has 2 aromatic heterocycles. The first-order chi connectivity index (χ1) is 14.5. The van der Waals surface area contributed by atoms with Crippen LogP contribution in [0.2, 0.25) is 0 Å². The summed E-state index contributed by atoms with van der Waals surface area (Å²) in [4.78, 5) is 35.4. The van der Waals surface area contributed by atoms with Crippen LogP contribution in [-0.4, -0.2) is 32.5 Å². The molecule has 0 amide bonds. The third-order valence-electron chi connectivity index (χ3n) is 4.36. The van der Waals surface area contributed by atoms with Crippen LogP contribution in [0.3, 0.4) is 0 Å². The van der Waals surface area contributed by atoms with Crippen LogP contribution in [0.15, 0.2) is 57.0 Å². The molecule has 30 heavy (non-hydrogen) atoms. The minimum atomic E-state index is -0.755. The molecule has 0 spiro atoms. The number of aliphatic imine (C=N–C) groups is 1. The Morgan fingerprint density at radius 3 is 2.73 bits per heavy atom. The van der Waals surface area contributed by atoms with Crippen molar-refractivity contribution >= 4 is 32.9 Å². The molecule has 2 aromatic carbocycles. The monoisotopic (exact) mass is 422 g/mol. The van der Waals surface area contributed by atoms with Gasteiger partial charge in [-0.1, -0.05) is 17.4 Å². The van der Waals surface area contributed by atoms with Crippen LogP contribution in [0.1, 0.15) is 18.1 Å². The van der Waals surface area contributed by atoms with Crippen LogP contribution < -0.4 is 16.0 Å². The summed E-state index contributed by atoms with van der Waals surface area (Å²) in [5, 5.41) is 11.1. The molecule has 0 radical (unpaired) electrons. The van der Waals surface area contributed by atoms with Gasteiger partial charge in [-0.3, -0.25) is 9.78 Å². The van der Waals surface area contributed by atoms with Gasteiger partial charge in [0.2, 0.25) is 11.0 Å². The molecule has 0 aliphatic carbocycles. The van der Waals surface area contributed by atoms with Crippen molar-refractivity contribution in [3.8, 4) is 17.3 Å². The zero-order valence-corrected chi connectivity index (χ0v) is 17.1. The number of fused-ring (bicyclic) bond motifs is 1. The Hall–Kier alpha value is -3.72. The van der Waals surface area contributed by atoms with Crippen LogP contribution in [0.25, 0.3) is 15.9 Å². The highest BCUT2D eigenvalue weighted by Gasteiger charge is 2.14. The van der Waals surface area contributed by atoms with E-state index < -0.39 is 17.1 Å². The molecule has 8 nitrogen and oxygen atoms in total. The fraction of sp³-hybridized carbons (Fsp3) is 0.143. The van der Waals surface area contributed by atoms with Gasteiger partial charge in [0, 0.05) is 6.21 Å². The summed E-state index contributed by atoms with van der Waals surface area (Å²) < 4.78 is 7.36. The molecule has 0 bridgehead atoms. The highest BCUT2D eigenvalue weighted by Crippen LogP contribution is 2.28. The smallest absolute Gasteiger partial charge is 0.335 e. The van der Waals surface area contributed by atoms with E-state index in [4.69, 9.17) is 4.74 Å². The standard InChI is InChI=1S/C21H18N4O4S/c1-3-29-14-7-5-13(6-8-14)25-19(27)15(18(26)24-21(25)28)11-22-20-23-16-9-4-12(2)10-17(16)30-20/h4-11,27H,3H2,1-2H3,(H,24,26,28). The first-order valence-corrected chi connectivity index (χ1v) is 10.0. The van der Waals surface area contributed by atoms with Crippen LogP contribution in [0.4, 0.5) is 5.13 Å². The third kappa shape index (κ3) is 3.74. The van der Waals surface area contributed by atoms with Crippen LogP contribution in [0.5, 0.6) is 11.6 Å². The number of hydrogen-bond donors (Lipinski definition) is 2. The molecule has 0 fully saturated rings. The lowest BCUT2D eigenvalue weighted by atomic mass is 10.2. The van der Waals surface area contributed by atoms with Gasteiger partial charge in [0.15, 0.2) is 0 Å². The van der Waals surface area contributed by atoms with E-state index >= 15 is 0 Å². The Balaban J connectivity index is 1.74. The molecule has 0 saturated carbocycles. The number of benzene rings is 2. The number of rotatable bonds is 5. The number of H-pyrrole nitrogens is 1. The van der Waals surface area contributed by atoms with Crippen molar-refractivity contribution in [3.63, 3.8) is 0 Å². The molecular formula is C21H18N4O4S. The number of ether oxygens (including phenoxy) is 1. The zero-order chi connectivity index (χ0) is 21.3. The van der Waals surface area contributed by atoms with Gasteiger partial charge in [-0.2, -0.15) is 0 Å². The van der Waals surface area contributed by atoms with E-state index in [1.807, 2.05) is 32.0 Å². The number of aromatic hydroxyl groups is 1. The first kappa shape index (κ1) is 19.6. The Morgan fingerprint density at radius 1 is 1.23 bits per heavy atom. The maximum atomic E-state index is 12.3. The second-order valence-electron chi connectivity index (χ2n) is 6.48. The predicted molar refractivity (Wildman–Crippen MR) is 117 cm³/mol. The molecule has 0 aliphatic rings. The molecule has 9 heteroatoms. The summed E-state index contributed by atoms with van der Waals surface area (Å²) in [6.45, 7) is 4.36. The molecule has 4 aromatic rings. The highest BCUT2D eigenvalue weighted by atomic mass is 32.1. The zero-order valence-electron chi connectivity index (χ0n) is 16.2. The average molecular weight is 422 g/mol. The summed E-state index contributed by atoms with van der Waals surface area (Å²) in [7, 11) is 0. The molecule has 152 valence electrons. The van der Waals surface area contributed by atoms with Gasteiger partial charge in [-0.25, -0.2) is 19.3 Å². The number of aryl methyl sites for hydroxylation is 1. The van der Waals surface area contributed by atoms with E-state index in [2.05, 4.69) is 15.0 Å². The van der Waals surface area contributed by atoms with E-state index in [0.717, 1.165) is 20.3 Å². The van der Waals surface area contributed by atoms with E-state index in [1.165, 1.54) is 17.6 Å². The van der Waals surface area contributed by atoms with Crippen molar-refractivity contribution in [3.05, 3.63) is 74.4 Å². The molecule has 4 rings (SSSR count). The number of aromatic amines is 1. The lowest BCUT2D eigenvalue weighted by Gasteiger charge is -2.10. The second kappa shape index (κ2) is 7.96. The number of thiazole rings is 1. The topological polar surface area (TPSA) is 110 Å². The van der Waals surface area contributed by atoms with Crippen molar-refractivity contribution in [1.82, 2.24) is 14.5 Å². The molecule has 0 aliphatic heterocycles. The molecular weight excluding hydrogens is 404 g/mol. The van der Waals surface area contributed by atoms with Gasteiger partial charge in [0.1, 0.15) is 11.3 Å². The van der Waals surface area contributed by atoms with Gasteiger partial charge in [0.05, 0.1) is 22.5 Å². The fourth-order valence-corrected chi connectivity index (χ4v) is 3.86. The largest absolute Gasteiger partial charge is 0.494 e. The summed E-state index contributed by atoms with van der Waals surface area (Å²) in [5.74, 6) is 0.125. The van der Waals surface area contributed by atoms with E-state index in [-0.39, 0.29) is 5.56 Å². The molecule has 2 N–H and O–H groups in total. The maximum Gasteiger partial charge on any atom is 0.335 e. The number of nitrogens with zero attached hydrogens (tertiary/aromatic N) is 3. The van der Waals surface area contributed by atoms with Crippen molar-refractivity contribution < 1.29 is 9.84 Å². The third-order valence-corrected chi connectivity index (χ3v) is 5.29. The SMILES string of the molecule is CCOc1ccc(-n2c(O)c(C=Nc3nc4ccc(C)cc4s3)c(=O)[nH]c2=O)cc1. The normalized spacial score (nSPS) is 11.4. The van der Waals surface area contributed by atoms with Gasteiger partial charge >= 0.3 is 5.69 Å². The molecule has 0 atom stereocenters. The second-order valence-corrected chi connectivity index (χ2v) is 7.49. The Kier molecular flexibility index (Phi) is 5.20. The van der Waals surface area contributed by atoms with Crippen molar-refractivity contribution in [2.45, 2.75) is 13.8 Å². The van der Waals surface area contributed by atoms with Crippen molar-refractivity contribution in [2.24, 2.45) is 4.99 Å². The highest BCUT2D eigenvalue weighted by molar-refractivity contribution is 7.22. The van der Waals surface area contributed by atoms with Crippen molar-refractivity contribution in [2.75, 3.05) is 6.61 Å². The fourth-order valence-electron chi connectivity index (χ4n) is 2.95. The number of nitrogens with one attached hydrogen (secondary N) is 1. The predicted octanol–water partition coefficient (Wildman–Crippen LogP) is 3.30. The summed E-state index contributed by atoms with van der Waals surface area (Å²) >= 11 is 1.37. The summed E-state index contributed by atoms with van der Waals surface area (Å²) in [6, 6.07) is 12.4. The number of aromatic nitrogens is 3. The Bertz CT molecular complexity index is 1370. The van der Waals surface area contributed by atoms with Gasteiger partial charge in [-0.15, -0.1) is 0 Å². The molecule has 2 heterocycles. The van der Waals surface area contributed by atoms with Crippen molar-refractivity contribution in [1.29, 1.82) is 0 Å². The Morgan fingerprint density at radius 2 is 2.00 bits per heavy atom. The van der Waals surface area contributed by atoms with Crippen LogP contribution in [0, 0.1) is 6.92 Å². The molecule has 0 unspecified atom stereocenters. The minimum absolute atomic E-state index is 0.140. The maximum absolute atomic E-state index is 12.3. The quantitative estimate of drug-likeness (QED) is 0.480. The molecule has 0 saturated heterocycles. The van der Waals surface area contributed by atoms with Crippen LogP contribution >= 0.6 is 11.3 Å².